The monoisotopic (exact) mass is 294 g/mol. The number of halogens is 1. The van der Waals surface area contributed by atoms with Crippen LogP contribution in [0.5, 0.6) is 0 Å². The van der Waals surface area contributed by atoms with Crippen LogP contribution in [0.1, 0.15) is 46.1 Å². The zero-order valence-electron chi connectivity index (χ0n) is 13.1. The highest BCUT2D eigenvalue weighted by Gasteiger charge is 2.51. The first-order valence-corrected chi connectivity index (χ1v) is 8.20. The molecule has 1 saturated carbocycles. The summed E-state index contributed by atoms with van der Waals surface area (Å²) in [6.45, 7) is 8.80. The minimum Gasteiger partial charge on any atom is -0.389 e. The van der Waals surface area contributed by atoms with E-state index in [1.54, 1.807) is 0 Å². The zero-order chi connectivity index (χ0) is 14.9. The van der Waals surface area contributed by atoms with Gasteiger partial charge in [0.05, 0.1) is 5.60 Å². The molecule has 0 radical (unpaired) electrons. The van der Waals surface area contributed by atoms with Gasteiger partial charge in [-0.1, -0.05) is 51.4 Å². The molecule has 0 heterocycles. The van der Waals surface area contributed by atoms with Gasteiger partial charge < -0.3 is 5.11 Å². The summed E-state index contributed by atoms with van der Waals surface area (Å²) in [6, 6.07) is 8.07. The van der Waals surface area contributed by atoms with Gasteiger partial charge in [0.15, 0.2) is 0 Å². The molecule has 0 spiro atoms. The maximum atomic E-state index is 11.3. The first-order valence-electron chi connectivity index (χ1n) is 7.82. The van der Waals surface area contributed by atoms with Gasteiger partial charge >= 0.3 is 0 Å². The Hall–Kier alpha value is -0.530. The second kappa shape index (κ2) is 6.07. The van der Waals surface area contributed by atoms with E-state index in [0.29, 0.717) is 23.7 Å². The summed E-state index contributed by atoms with van der Waals surface area (Å²) < 4.78 is 0. The molecular weight excluding hydrogens is 268 g/mol. The Morgan fingerprint density at radius 3 is 2.25 bits per heavy atom. The highest BCUT2D eigenvalue weighted by molar-refractivity contribution is 6.30. The Labute approximate surface area is 128 Å². The van der Waals surface area contributed by atoms with E-state index in [2.05, 4.69) is 39.8 Å². The largest absolute Gasteiger partial charge is 0.389 e. The van der Waals surface area contributed by atoms with Crippen molar-refractivity contribution >= 4 is 11.6 Å². The van der Waals surface area contributed by atoms with Gasteiger partial charge in [0.25, 0.3) is 0 Å². The Morgan fingerprint density at radius 2 is 1.75 bits per heavy atom. The second-order valence-corrected chi connectivity index (χ2v) is 7.43. The molecule has 0 aromatic heterocycles. The van der Waals surface area contributed by atoms with E-state index in [9.17, 15) is 5.11 Å². The van der Waals surface area contributed by atoms with Crippen molar-refractivity contribution in [3.63, 3.8) is 0 Å². The summed E-state index contributed by atoms with van der Waals surface area (Å²) in [5, 5.41) is 12.1. The molecule has 0 amide bonds. The van der Waals surface area contributed by atoms with Crippen LogP contribution < -0.4 is 0 Å². The molecule has 2 rings (SSSR count). The summed E-state index contributed by atoms with van der Waals surface area (Å²) >= 11 is 5.95. The van der Waals surface area contributed by atoms with Crippen LogP contribution in [-0.4, -0.2) is 10.7 Å². The van der Waals surface area contributed by atoms with E-state index >= 15 is 0 Å². The third kappa shape index (κ3) is 2.89. The fourth-order valence-corrected chi connectivity index (χ4v) is 4.21. The average molecular weight is 295 g/mol. The van der Waals surface area contributed by atoms with Crippen LogP contribution in [0.2, 0.25) is 5.02 Å². The third-order valence-electron chi connectivity index (χ3n) is 5.20. The molecule has 3 unspecified atom stereocenters. The van der Waals surface area contributed by atoms with Gasteiger partial charge in [0.1, 0.15) is 0 Å². The molecule has 2 heteroatoms. The number of hydrogen-bond donors (Lipinski definition) is 1. The SMILES string of the molecule is CC(C)C1CCC(Cc2ccc(Cl)cc2)C1(O)C(C)C. The summed E-state index contributed by atoms with van der Waals surface area (Å²) in [4.78, 5) is 0. The lowest BCUT2D eigenvalue weighted by Crippen LogP contribution is -2.47. The third-order valence-corrected chi connectivity index (χ3v) is 5.45. The second-order valence-electron chi connectivity index (χ2n) is 7.00. The van der Waals surface area contributed by atoms with Crippen molar-refractivity contribution in [2.24, 2.45) is 23.7 Å². The van der Waals surface area contributed by atoms with Gasteiger partial charge in [0.2, 0.25) is 0 Å². The van der Waals surface area contributed by atoms with E-state index in [0.717, 1.165) is 24.3 Å². The van der Waals surface area contributed by atoms with Crippen LogP contribution in [-0.2, 0) is 6.42 Å². The summed E-state index contributed by atoms with van der Waals surface area (Å²) in [5.74, 6) is 1.61. The van der Waals surface area contributed by atoms with Crippen molar-refractivity contribution in [2.45, 2.75) is 52.6 Å². The maximum Gasteiger partial charge on any atom is 0.0732 e. The molecule has 1 nitrogen and oxygen atoms in total. The topological polar surface area (TPSA) is 20.2 Å². The number of hydrogen-bond acceptors (Lipinski definition) is 1. The molecule has 1 fully saturated rings. The van der Waals surface area contributed by atoms with Crippen LogP contribution in [0.25, 0.3) is 0 Å². The standard InChI is InChI=1S/C18H27ClO/c1-12(2)17-10-7-15(18(17,20)13(3)4)11-14-5-8-16(19)9-6-14/h5-6,8-9,12-13,15,17,20H,7,10-11H2,1-4H3. The predicted molar refractivity (Wildman–Crippen MR) is 86.0 cm³/mol. The number of aliphatic hydroxyl groups is 1. The fourth-order valence-electron chi connectivity index (χ4n) is 4.08. The molecule has 1 aliphatic carbocycles. The molecular formula is C18H27ClO. The number of rotatable bonds is 4. The Bertz CT molecular complexity index is 437. The molecule has 0 saturated heterocycles. The molecule has 1 aromatic rings. The predicted octanol–water partition coefficient (Wildman–Crippen LogP) is 4.95. The highest BCUT2D eigenvalue weighted by Crippen LogP contribution is 2.49. The van der Waals surface area contributed by atoms with Crippen molar-refractivity contribution in [1.29, 1.82) is 0 Å². The minimum absolute atomic E-state index is 0.301. The van der Waals surface area contributed by atoms with Gasteiger partial charge in [-0.15, -0.1) is 0 Å². The van der Waals surface area contributed by atoms with E-state index in [1.165, 1.54) is 5.56 Å². The average Bonchev–Trinajstić information content (AvgIpc) is 2.71. The molecule has 20 heavy (non-hydrogen) atoms. The van der Waals surface area contributed by atoms with Gasteiger partial charge in [0, 0.05) is 5.02 Å². The molecule has 1 N–H and O–H groups in total. The van der Waals surface area contributed by atoms with Gasteiger partial charge in [-0.25, -0.2) is 0 Å². The van der Waals surface area contributed by atoms with Crippen LogP contribution in [0.15, 0.2) is 24.3 Å². The van der Waals surface area contributed by atoms with Crippen molar-refractivity contribution < 1.29 is 5.11 Å². The lowest BCUT2D eigenvalue weighted by molar-refractivity contribution is -0.0878. The Kier molecular flexibility index (Phi) is 4.81. The summed E-state index contributed by atoms with van der Waals surface area (Å²) in [6.07, 6.45) is 3.22. The molecule has 3 atom stereocenters. The molecule has 1 aliphatic rings. The lowest BCUT2D eigenvalue weighted by Gasteiger charge is -2.41. The van der Waals surface area contributed by atoms with Crippen molar-refractivity contribution in [2.75, 3.05) is 0 Å². The van der Waals surface area contributed by atoms with E-state index in [1.807, 2.05) is 12.1 Å². The first-order chi connectivity index (χ1) is 9.35. The van der Waals surface area contributed by atoms with Crippen molar-refractivity contribution in [3.8, 4) is 0 Å². The molecule has 0 aliphatic heterocycles. The Balaban J connectivity index is 2.20. The maximum absolute atomic E-state index is 11.3. The van der Waals surface area contributed by atoms with Crippen LogP contribution in [0.4, 0.5) is 0 Å². The Morgan fingerprint density at radius 1 is 1.15 bits per heavy atom. The van der Waals surface area contributed by atoms with E-state index < -0.39 is 5.60 Å². The van der Waals surface area contributed by atoms with Gasteiger partial charge in [-0.05, 0) is 60.6 Å². The highest BCUT2D eigenvalue weighted by atomic mass is 35.5. The van der Waals surface area contributed by atoms with Gasteiger partial charge in [-0.3, -0.25) is 0 Å². The van der Waals surface area contributed by atoms with Crippen LogP contribution in [0.3, 0.4) is 0 Å². The quantitative estimate of drug-likeness (QED) is 0.833. The molecule has 1 aromatic carbocycles. The minimum atomic E-state index is -0.534. The summed E-state index contributed by atoms with van der Waals surface area (Å²) in [5.41, 5.74) is 0.747. The molecule has 112 valence electrons. The smallest absolute Gasteiger partial charge is 0.0732 e. The van der Waals surface area contributed by atoms with Crippen LogP contribution >= 0.6 is 11.6 Å². The number of benzene rings is 1. The fraction of sp³-hybridized carbons (Fsp3) is 0.667. The molecule has 0 bridgehead atoms. The van der Waals surface area contributed by atoms with Crippen molar-refractivity contribution in [3.05, 3.63) is 34.9 Å². The zero-order valence-corrected chi connectivity index (χ0v) is 13.8. The van der Waals surface area contributed by atoms with Crippen LogP contribution in [0, 0.1) is 23.7 Å². The van der Waals surface area contributed by atoms with Gasteiger partial charge in [-0.2, -0.15) is 0 Å². The normalized spacial score (nSPS) is 30.4. The lowest BCUT2D eigenvalue weighted by atomic mass is 9.70. The van der Waals surface area contributed by atoms with Crippen molar-refractivity contribution in [1.82, 2.24) is 0 Å². The summed E-state index contributed by atoms with van der Waals surface area (Å²) in [7, 11) is 0. The first kappa shape index (κ1) is 15.9. The van der Waals surface area contributed by atoms with E-state index in [-0.39, 0.29) is 0 Å². The van der Waals surface area contributed by atoms with E-state index in [4.69, 9.17) is 11.6 Å².